The molecule has 0 aromatic carbocycles. The van der Waals surface area contributed by atoms with Gasteiger partial charge in [-0.3, -0.25) is 4.98 Å². The zero-order valence-corrected chi connectivity index (χ0v) is 10.8. The Hall–Kier alpha value is -1.01. The lowest BCUT2D eigenvalue weighted by Gasteiger charge is -1.97. The highest BCUT2D eigenvalue weighted by molar-refractivity contribution is 9.10. The molecule has 0 aliphatic heterocycles. The van der Waals surface area contributed by atoms with Gasteiger partial charge in [0.1, 0.15) is 5.69 Å². The van der Waals surface area contributed by atoms with E-state index in [2.05, 4.69) is 35.6 Å². The lowest BCUT2D eigenvalue weighted by atomic mass is 10.3. The Morgan fingerprint density at radius 1 is 1.44 bits per heavy atom. The number of pyridine rings is 1. The van der Waals surface area contributed by atoms with Gasteiger partial charge >= 0.3 is 0 Å². The van der Waals surface area contributed by atoms with Crippen LogP contribution in [0.4, 0.5) is 5.13 Å². The molecular weight excluding hydrogens is 288 g/mol. The molecule has 0 spiro atoms. The first kappa shape index (κ1) is 10.2. The topological polar surface area (TPSA) is 50.7 Å². The number of anilines is 1. The number of nitrogens with one attached hydrogen (secondary N) is 1. The number of halogens is 1. The predicted octanol–water partition coefficient (Wildman–Crippen LogP) is 2.94. The van der Waals surface area contributed by atoms with Crippen LogP contribution in [0.1, 0.15) is 12.8 Å². The van der Waals surface area contributed by atoms with Gasteiger partial charge in [-0.1, -0.05) is 0 Å². The molecule has 1 aliphatic carbocycles. The number of nitrogens with zero attached hydrogens (tertiary/aromatic N) is 3. The Morgan fingerprint density at radius 3 is 3.06 bits per heavy atom. The molecule has 2 aromatic rings. The summed E-state index contributed by atoms with van der Waals surface area (Å²) in [7, 11) is 0. The van der Waals surface area contributed by atoms with Crippen molar-refractivity contribution in [2.24, 2.45) is 0 Å². The average Bonchev–Trinajstić information content (AvgIpc) is 2.97. The number of aromatic nitrogens is 3. The van der Waals surface area contributed by atoms with Crippen molar-refractivity contribution < 1.29 is 0 Å². The van der Waals surface area contributed by atoms with Gasteiger partial charge in [0.2, 0.25) is 5.13 Å². The smallest absolute Gasteiger partial charge is 0.203 e. The van der Waals surface area contributed by atoms with Crippen LogP contribution in [-0.4, -0.2) is 20.4 Å². The van der Waals surface area contributed by atoms with Gasteiger partial charge < -0.3 is 5.32 Å². The van der Waals surface area contributed by atoms with E-state index in [1.54, 1.807) is 6.20 Å². The van der Waals surface area contributed by atoms with Gasteiger partial charge in [0.25, 0.3) is 0 Å². The van der Waals surface area contributed by atoms with E-state index in [1.165, 1.54) is 24.4 Å². The lowest BCUT2D eigenvalue weighted by molar-refractivity contribution is 1.13. The van der Waals surface area contributed by atoms with Gasteiger partial charge in [0, 0.05) is 28.2 Å². The first-order valence-corrected chi connectivity index (χ1v) is 6.61. The van der Waals surface area contributed by atoms with E-state index in [-0.39, 0.29) is 0 Å². The molecule has 0 unspecified atom stereocenters. The molecular formula is C10H9BrN4S. The maximum Gasteiger partial charge on any atom is 0.203 e. The van der Waals surface area contributed by atoms with Crippen LogP contribution in [0.2, 0.25) is 0 Å². The summed E-state index contributed by atoms with van der Waals surface area (Å²) >= 11 is 4.84. The van der Waals surface area contributed by atoms with Crippen LogP contribution >= 0.6 is 27.5 Å². The SMILES string of the molecule is Brc1cccnc1-c1nsc(NC2CC2)n1. The first-order chi connectivity index (χ1) is 7.83. The van der Waals surface area contributed by atoms with Crippen LogP contribution in [0.3, 0.4) is 0 Å². The molecule has 0 atom stereocenters. The monoisotopic (exact) mass is 296 g/mol. The maximum absolute atomic E-state index is 4.43. The normalized spacial score (nSPS) is 15.1. The van der Waals surface area contributed by atoms with Crippen molar-refractivity contribution in [2.75, 3.05) is 5.32 Å². The molecule has 82 valence electrons. The fourth-order valence-corrected chi connectivity index (χ4v) is 2.41. The first-order valence-electron chi connectivity index (χ1n) is 5.04. The van der Waals surface area contributed by atoms with Gasteiger partial charge in [-0.05, 0) is 40.9 Å². The van der Waals surface area contributed by atoms with E-state index in [9.17, 15) is 0 Å². The van der Waals surface area contributed by atoms with E-state index in [1.807, 2.05) is 12.1 Å². The zero-order valence-electron chi connectivity index (χ0n) is 8.35. The van der Waals surface area contributed by atoms with Crippen LogP contribution in [-0.2, 0) is 0 Å². The molecule has 1 saturated carbocycles. The number of rotatable bonds is 3. The molecule has 1 N–H and O–H groups in total. The van der Waals surface area contributed by atoms with Crippen molar-refractivity contribution in [3.63, 3.8) is 0 Å². The molecule has 2 aromatic heterocycles. The third-order valence-electron chi connectivity index (χ3n) is 2.30. The van der Waals surface area contributed by atoms with Crippen molar-refractivity contribution >= 4 is 32.6 Å². The van der Waals surface area contributed by atoms with Crippen molar-refractivity contribution in [1.82, 2.24) is 14.3 Å². The standard InChI is InChI=1S/C10H9BrN4S/c11-7-2-1-5-12-8(7)9-14-10(16-15-9)13-6-3-4-6/h1-2,5-6H,3-4H2,(H,13,14,15). The number of hydrogen-bond acceptors (Lipinski definition) is 5. The summed E-state index contributed by atoms with van der Waals surface area (Å²) in [5.41, 5.74) is 0.794. The fraction of sp³-hybridized carbons (Fsp3) is 0.300. The maximum atomic E-state index is 4.43. The van der Waals surface area contributed by atoms with E-state index >= 15 is 0 Å². The molecule has 1 fully saturated rings. The van der Waals surface area contributed by atoms with Gasteiger partial charge in [0.15, 0.2) is 5.82 Å². The molecule has 0 bridgehead atoms. The van der Waals surface area contributed by atoms with Crippen LogP contribution in [0, 0.1) is 0 Å². The van der Waals surface area contributed by atoms with Crippen molar-refractivity contribution in [3.05, 3.63) is 22.8 Å². The van der Waals surface area contributed by atoms with Crippen LogP contribution in [0.5, 0.6) is 0 Å². The fourth-order valence-electron chi connectivity index (χ4n) is 1.33. The Bertz CT molecular complexity index is 509. The Kier molecular flexibility index (Phi) is 2.61. The van der Waals surface area contributed by atoms with E-state index in [0.29, 0.717) is 11.9 Å². The molecule has 6 heteroatoms. The summed E-state index contributed by atoms with van der Waals surface area (Å²) in [4.78, 5) is 8.69. The predicted molar refractivity (Wildman–Crippen MR) is 67.5 cm³/mol. The largest absolute Gasteiger partial charge is 0.358 e. The van der Waals surface area contributed by atoms with Gasteiger partial charge in [-0.2, -0.15) is 9.36 Å². The zero-order chi connectivity index (χ0) is 11.0. The molecule has 3 rings (SSSR count). The summed E-state index contributed by atoms with van der Waals surface area (Å²) in [6.07, 6.45) is 4.22. The molecule has 0 saturated heterocycles. The highest BCUT2D eigenvalue weighted by Crippen LogP contribution is 2.29. The van der Waals surface area contributed by atoms with E-state index < -0.39 is 0 Å². The van der Waals surface area contributed by atoms with E-state index in [4.69, 9.17) is 0 Å². The van der Waals surface area contributed by atoms with Crippen LogP contribution < -0.4 is 5.32 Å². The van der Waals surface area contributed by atoms with Crippen molar-refractivity contribution in [3.8, 4) is 11.5 Å². The Labute approximate surface area is 105 Å². The minimum absolute atomic E-state index is 0.605. The minimum Gasteiger partial charge on any atom is -0.358 e. The van der Waals surface area contributed by atoms with Gasteiger partial charge in [-0.25, -0.2) is 0 Å². The highest BCUT2D eigenvalue weighted by Gasteiger charge is 2.22. The Balaban J connectivity index is 1.88. The Morgan fingerprint density at radius 2 is 2.31 bits per heavy atom. The second kappa shape index (κ2) is 4.10. The molecule has 0 amide bonds. The summed E-state index contributed by atoms with van der Waals surface area (Å²) < 4.78 is 5.23. The summed E-state index contributed by atoms with van der Waals surface area (Å²) in [6.45, 7) is 0. The van der Waals surface area contributed by atoms with E-state index in [0.717, 1.165) is 15.3 Å². The minimum atomic E-state index is 0.605. The molecule has 2 heterocycles. The third-order valence-corrected chi connectivity index (χ3v) is 3.59. The molecule has 0 radical (unpaired) electrons. The summed E-state index contributed by atoms with van der Waals surface area (Å²) in [5, 5.41) is 4.21. The molecule has 1 aliphatic rings. The quantitative estimate of drug-likeness (QED) is 0.946. The summed E-state index contributed by atoms with van der Waals surface area (Å²) in [5.74, 6) is 0.681. The average molecular weight is 297 g/mol. The van der Waals surface area contributed by atoms with Crippen molar-refractivity contribution in [2.45, 2.75) is 18.9 Å². The number of hydrogen-bond donors (Lipinski definition) is 1. The third kappa shape index (κ3) is 2.08. The van der Waals surface area contributed by atoms with Crippen LogP contribution in [0.25, 0.3) is 11.5 Å². The second-order valence-electron chi connectivity index (χ2n) is 3.68. The summed E-state index contributed by atoms with van der Waals surface area (Å²) in [6, 6.07) is 4.42. The second-order valence-corrected chi connectivity index (χ2v) is 5.28. The van der Waals surface area contributed by atoms with Gasteiger partial charge in [0.05, 0.1) is 0 Å². The lowest BCUT2D eigenvalue weighted by Crippen LogP contribution is -1.99. The van der Waals surface area contributed by atoms with Gasteiger partial charge in [-0.15, -0.1) is 0 Å². The molecule has 16 heavy (non-hydrogen) atoms. The van der Waals surface area contributed by atoms with Crippen molar-refractivity contribution in [1.29, 1.82) is 0 Å². The van der Waals surface area contributed by atoms with Crippen LogP contribution in [0.15, 0.2) is 22.8 Å². The molecule has 4 nitrogen and oxygen atoms in total. The highest BCUT2D eigenvalue weighted by atomic mass is 79.9.